The number of carboxylic acids is 1. The molecule has 8 heteroatoms. The molecule has 0 spiro atoms. The molecule has 2 rings (SSSR count). The fourth-order valence-corrected chi connectivity index (χ4v) is 3.29. The van der Waals surface area contributed by atoms with Gasteiger partial charge in [-0.1, -0.05) is 35.9 Å². The highest BCUT2D eigenvalue weighted by Crippen LogP contribution is 2.42. The number of nitrogens with one attached hydrogen (secondary N) is 1. The molecule has 148 valence electrons. The van der Waals surface area contributed by atoms with Crippen molar-refractivity contribution in [3.05, 3.63) is 68.2 Å². The van der Waals surface area contributed by atoms with E-state index in [2.05, 4.69) is 43.8 Å². The average Bonchev–Trinajstić information content (AvgIpc) is 2.62. The van der Waals surface area contributed by atoms with Crippen molar-refractivity contribution in [3.63, 3.8) is 0 Å². The normalized spacial score (nSPS) is 12.6. The summed E-state index contributed by atoms with van der Waals surface area (Å²) < 4.78 is 7.34. The third-order valence-corrected chi connectivity index (χ3v) is 5.12. The standard InChI is InChI=1S/C20H19BrINO5/c1-20(2,10-9-17(25)26)18(15-11-13(22)5-8-16(15)24)28-19(27)23-14-6-3-12(21)4-7-14/h3-11,18,24H,1-2H3,(H,23,27)(H,25,26)/b10-9+/t18-/m1/s1. The Hall–Kier alpha value is -2.07. The number of aliphatic carboxylic acids is 1. The number of hydrogen-bond donors (Lipinski definition) is 3. The van der Waals surface area contributed by atoms with Crippen molar-refractivity contribution >= 4 is 56.3 Å². The van der Waals surface area contributed by atoms with Crippen molar-refractivity contribution in [1.82, 2.24) is 0 Å². The molecule has 28 heavy (non-hydrogen) atoms. The van der Waals surface area contributed by atoms with Crippen LogP contribution in [0.25, 0.3) is 0 Å². The number of anilines is 1. The number of benzene rings is 2. The van der Waals surface area contributed by atoms with Gasteiger partial charge in [-0.25, -0.2) is 9.59 Å². The first kappa shape index (κ1) is 22.2. The maximum Gasteiger partial charge on any atom is 0.412 e. The van der Waals surface area contributed by atoms with Gasteiger partial charge in [0.15, 0.2) is 0 Å². The molecule has 1 atom stereocenters. The topological polar surface area (TPSA) is 95.9 Å². The Morgan fingerprint density at radius 3 is 2.46 bits per heavy atom. The van der Waals surface area contributed by atoms with Crippen molar-refractivity contribution in [2.24, 2.45) is 5.41 Å². The lowest BCUT2D eigenvalue weighted by Crippen LogP contribution is -2.28. The summed E-state index contributed by atoms with van der Waals surface area (Å²) in [6.07, 6.45) is 0.788. The molecule has 1 amide bonds. The van der Waals surface area contributed by atoms with E-state index in [4.69, 9.17) is 9.84 Å². The first-order valence-electron chi connectivity index (χ1n) is 8.22. The highest BCUT2D eigenvalue weighted by atomic mass is 127. The van der Waals surface area contributed by atoms with Gasteiger partial charge in [0.05, 0.1) is 0 Å². The van der Waals surface area contributed by atoms with Crippen molar-refractivity contribution < 1.29 is 24.5 Å². The Bertz CT molecular complexity index is 896. The van der Waals surface area contributed by atoms with Crippen LogP contribution in [0.3, 0.4) is 0 Å². The van der Waals surface area contributed by atoms with E-state index in [0.29, 0.717) is 11.3 Å². The van der Waals surface area contributed by atoms with Gasteiger partial charge in [0.1, 0.15) is 11.9 Å². The van der Waals surface area contributed by atoms with E-state index in [0.717, 1.165) is 14.1 Å². The molecule has 0 aliphatic heterocycles. The van der Waals surface area contributed by atoms with Gasteiger partial charge in [-0.15, -0.1) is 0 Å². The summed E-state index contributed by atoms with van der Waals surface area (Å²) in [5.74, 6) is -1.16. The Morgan fingerprint density at radius 2 is 1.86 bits per heavy atom. The van der Waals surface area contributed by atoms with Crippen LogP contribution in [0.2, 0.25) is 0 Å². The Kier molecular flexibility index (Phi) is 7.48. The van der Waals surface area contributed by atoms with E-state index in [-0.39, 0.29) is 5.75 Å². The van der Waals surface area contributed by atoms with Crippen LogP contribution in [0.4, 0.5) is 10.5 Å². The van der Waals surface area contributed by atoms with Gasteiger partial charge in [0, 0.05) is 30.8 Å². The first-order valence-corrected chi connectivity index (χ1v) is 10.1. The molecule has 3 N–H and O–H groups in total. The van der Waals surface area contributed by atoms with Crippen LogP contribution >= 0.6 is 38.5 Å². The molecule has 0 heterocycles. The second-order valence-electron chi connectivity index (χ2n) is 6.61. The number of phenols is 1. The summed E-state index contributed by atoms with van der Waals surface area (Å²) in [7, 11) is 0. The number of halogens is 2. The number of amides is 1. The Balaban J connectivity index is 2.34. The van der Waals surface area contributed by atoms with Gasteiger partial charge in [0.2, 0.25) is 0 Å². The summed E-state index contributed by atoms with van der Waals surface area (Å²) in [4.78, 5) is 23.4. The van der Waals surface area contributed by atoms with Crippen LogP contribution in [0.15, 0.2) is 59.1 Å². The van der Waals surface area contributed by atoms with Crippen molar-refractivity contribution in [2.45, 2.75) is 20.0 Å². The number of carboxylic acid groups (broad SMARTS) is 1. The molecule has 2 aromatic carbocycles. The molecular formula is C20H19BrINO5. The molecule has 0 aliphatic carbocycles. The summed E-state index contributed by atoms with van der Waals surface area (Å²) in [6.45, 7) is 3.45. The van der Waals surface area contributed by atoms with E-state index in [9.17, 15) is 14.7 Å². The summed E-state index contributed by atoms with van der Waals surface area (Å²) >= 11 is 5.41. The largest absolute Gasteiger partial charge is 0.508 e. The second-order valence-corrected chi connectivity index (χ2v) is 8.77. The minimum absolute atomic E-state index is 0.0429. The van der Waals surface area contributed by atoms with Crippen molar-refractivity contribution in [3.8, 4) is 5.75 Å². The number of carbonyl (C=O) groups is 2. The van der Waals surface area contributed by atoms with Crippen molar-refractivity contribution in [2.75, 3.05) is 5.32 Å². The molecule has 2 aromatic rings. The van der Waals surface area contributed by atoms with Gasteiger partial charge < -0.3 is 14.9 Å². The predicted molar refractivity (Wildman–Crippen MR) is 118 cm³/mol. The summed E-state index contributed by atoms with van der Waals surface area (Å²) in [6, 6.07) is 11.9. The van der Waals surface area contributed by atoms with E-state index in [1.807, 2.05) is 0 Å². The van der Waals surface area contributed by atoms with Crippen LogP contribution in [-0.4, -0.2) is 22.3 Å². The van der Waals surface area contributed by atoms with E-state index in [1.165, 1.54) is 12.1 Å². The van der Waals surface area contributed by atoms with Gasteiger partial charge >= 0.3 is 12.1 Å². The highest BCUT2D eigenvalue weighted by Gasteiger charge is 2.34. The van der Waals surface area contributed by atoms with E-state index in [1.54, 1.807) is 50.2 Å². The zero-order valence-corrected chi connectivity index (χ0v) is 18.9. The highest BCUT2D eigenvalue weighted by molar-refractivity contribution is 14.1. The van der Waals surface area contributed by atoms with Crippen LogP contribution in [0, 0.1) is 8.99 Å². The van der Waals surface area contributed by atoms with Gasteiger partial charge in [-0.3, -0.25) is 5.32 Å². The minimum Gasteiger partial charge on any atom is -0.508 e. The van der Waals surface area contributed by atoms with Crippen molar-refractivity contribution in [1.29, 1.82) is 0 Å². The second kappa shape index (κ2) is 9.42. The van der Waals surface area contributed by atoms with E-state index >= 15 is 0 Å². The number of hydrogen-bond acceptors (Lipinski definition) is 4. The third-order valence-electron chi connectivity index (χ3n) is 3.92. The molecule has 6 nitrogen and oxygen atoms in total. The molecule has 0 aromatic heterocycles. The number of carbonyl (C=O) groups excluding carboxylic acids is 1. The smallest absolute Gasteiger partial charge is 0.412 e. The minimum atomic E-state index is -1.11. The number of aromatic hydroxyl groups is 1. The summed E-state index contributed by atoms with van der Waals surface area (Å²) in [5, 5.41) is 21.9. The summed E-state index contributed by atoms with van der Waals surface area (Å²) in [5.41, 5.74) is 0.0211. The predicted octanol–water partition coefficient (Wildman–Crippen LogP) is 5.72. The first-order chi connectivity index (χ1) is 13.1. The molecule has 0 bridgehead atoms. The monoisotopic (exact) mass is 559 g/mol. The molecule has 0 saturated carbocycles. The fraction of sp³-hybridized carbons (Fsp3) is 0.200. The molecule has 0 radical (unpaired) electrons. The quantitative estimate of drug-likeness (QED) is 0.311. The molecule has 0 aliphatic rings. The lowest BCUT2D eigenvalue weighted by atomic mass is 9.81. The number of ether oxygens (including phenoxy) is 1. The van der Waals surface area contributed by atoms with Gasteiger partial charge in [-0.05, 0) is 65.1 Å². The average molecular weight is 560 g/mol. The maximum atomic E-state index is 12.5. The fourth-order valence-electron chi connectivity index (χ4n) is 2.51. The lowest BCUT2D eigenvalue weighted by molar-refractivity contribution is -0.131. The number of rotatable bonds is 6. The Morgan fingerprint density at radius 1 is 1.21 bits per heavy atom. The SMILES string of the molecule is CC(C)(/C=C/C(=O)O)[C@H](OC(=O)Nc1ccc(Br)cc1)c1cc(I)ccc1O. The van der Waals surface area contributed by atoms with E-state index < -0.39 is 23.6 Å². The lowest BCUT2D eigenvalue weighted by Gasteiger charge is -2.32. The van der Waals surface area contributed by atoms with Crippen LogP contribution in [-0.2, 0) is 9.53 Å². The van der Waals surface area contributed by atoms with Crippen LogP contribution in [0.1, 0.15) is 25.5 Å². The molecule has 0 fully saturated rings. The zero-order valence-electron chi connectivity index (χ0n) is 15.1. The molecular weight excluding hydrogens is 541 g/mol. The van der Waals surface area contributed by atoms with Gasteiger partial charge in [-0.2, -0.15) is 0 Å². The maximum absolute atomic E-state index is 12.5. The third kappa shape index (κ3) is 6.23. The van der Waals surface area contributed by atoms with Crippen LogP contribution < -0.4 is 5.32 Å². The Labute approximate surface area is 184 Å². The van der Waals surface area contributed by atoms with Gasteiger partial charge in [0.25, 0.3) is 0 Å². The zero-order chi connectivity index (χ0) is 20.9. The van der Waals surface area contributed by atoms with Crippen LogP contribution in [0.5, 0.6) is 5.75 Å². The molecule has 0 unspecified atom stereocenters. The number of phenolic OH excluding ortho intramolecular Hbond substituents is 1. The molecule has 0 saturated heterocycles.